The van der Waals surface area contributed by atoms with Crippen LogP contribution in [0.15, 0.2) is 63.4 Å². The smallest absolute Gasteiger partial charge is 0.341 e. The van der Waals surface area contributed by atoms with Crippen molar-refractivity contribution in [2.24, 2.45) is 5.10 Å². The van der Waals surface area contributed by atoms with Gasteiger partial charge in [-0.1, -0.05) is 6.07 Å². The number of aliphatic carboxylic acids is 1. The number of ether oxygens (including phenoxy) is 1. The molecule has 0 aliphatic heterocycles. The highest BCUT2D eigenvalue weighted by molar-refractivity contribution is 7.18. The first-order valence-corrected chi connectivity index (χ1v) is 9.89. The van der Waals surface area contributed by atoms with Gasteiger partial charge in [0, 0.05) is 15.8 Å². The Hall–Kier alpha value is -3.30. The molecular formula is C19H13N3O4S2. The maximum Gasteiger partial charge on any atom is 0.341 e. The predicted octanol–water partition coefficient (Wildman–Crippen LogP) is 3.53. The molecule has 3 aromatic heterocycles. The van der Waals surface area contributed by atoms with E-state index in [4.69, 9.17) is 9.84 Å². The van der Waals surface area contributed by atoms with Crippen molar-refractivity contribution in [1.29, 1.82) is 0 Å². The van der Waals surface area contributed by atoms with Gasteiger partial charge < -0.3 is 9.84 Å². The SMILES string of the molecule is O=C(O)COc1ccc(C=Nn2cnc3scc(-c4cccs4)c3c2=O)cc1. The monoisotopic (exact) mass is 411 g/mol. The van der Waals surface area contributed by atoms with Crippen molar-refractivity contribution in [3.05, 3.63) is 69.4 Å². The molecule has 3 heterocycles. The molecule has 0 aliphatic rings. The fourth-order valence-corrected chi connectivity index (χ4v) is 4.26. The Morgan fingerprint density at radius 3 is 2.79 bits per heavy atom. The molecule has 0 aliphatic carbocycles. The number of thiophene rings is 2. The molecule has 0 amide bonds. The summed E-state index contributed by atoms with van der Waals surface area (Å²) in [5.74, 6) is -0.595. The van der Waals surface area contributed by atoms with Crippen molar-refractivity contribution >= 4 is 45.1 Å². The normalized spacial score (nSPS) is 11.3. The van der Waals surface area contributed by atoms with Crippen molar-refractivity contribution in [2.45, 2.75) is 0 Å². The van der Waals surface area contributed by atoms with Gasteiger partial charge in [-0.3, -0.25) is 4.79 Å². The van der Waals surface area contributed by atoms with E-state index in [2.05, 4.69) is 10.1 Å². The van der Waals surface area contributed by atoms with Crippen LogP contribution in [-0.2, 0) is 4.79 Å². The van der Waals surface area contributed by atoms with Gasteiger partial charge in [-0.05, 0) is 41.3 Å². The summed E-state index contributed by atoms with van der Waals surface area (Å²) in [6.45, 7) is -0.401. The van der Waals surface area contributed by atoms with E-state index in [0.29, 0.717) is 16.0 Å². The molecule has 7 nitrogen and oxygen atoms in total. The Balaban J connectivity index is 1.61. The van der Waals surface area contributed by atoms with Gasteiger partial charge in [-0.15, -0.1) is 22.7 Å². The van der Waals surface area contributed by atoms with Gasteiger partial charge in [-0.25, -0.2) is 9.78 Å². The van der Waals surface area contributed by atoms with Crippen LogP contribution in [0, 0.1) is 0 Å². The maximum atomic E-state index is 12.9. The number of carbonyl (C=O) groups is 1. The van der Waals surface area contributed by atoms with Crippen LogP contribution >= 0.6 is 22.7 Å². The first kappa shape index (κ1) is 18.1. The second kappa shape index (κ2) is 7.75. The van der Waals surface area contributed by atoms with E-state index in [1.807, 2.05) is 22.9 Å². The molecule has 0 fully saturated rings. The zero-order chi connectivity index (χ0) is 19.5. The standard InChI is InChI=1S/C19H13N3O4S2/c23-16(24)9-26-13-5-3-12(4-6-13)8-21-22-11-20-18-17(19(22)25)14(10-28-18)15-2-1-7-27-15/h1-8,10-11H,9H2,(H,23,24). The quantitative estimate of drug-likeness (QED) is 0.490. The molecule has 4 aromatic rings. The maximum absolute atomic E-state index is 12.9. The third kappa shape index (κ3) is 3.71. The Morgan fingerprint density at radius 1 is 1.25 bits per heavy atom. The molecule has 0 spiro atoms. The lowest BCUT2D eigenvalue weighted by Crippen LogP contribution is -2.16. The number of benzene rings is 1. The van der Waals surface area contributed by atoms with Crippen LogP contribution in [0.3, 0.4) is 0 Å². The molecule has 9 heteroatoms. The molecule has 0 radical (unpaired) electrons. The Morgan fingerprint density at radius 2 is 2.07 bits per heavy atom. The summed E-state index contributed by atoms with van der Waals surface area (Å²) in [6.07, 6.45) is 2.94. The number of aromatic nitrogens is 2. The lowest BCUT2D eigenvalue weighted by Gasteiger charge is -2.03. The van der Waals surface area contributed by atoms with Gasteiger partial charge in [0.25, 0.3) is 5.56 Å². The first-order chi connectivity index (χ1) is 13.6. The molecule has 0 saturated heterocycles. The minimum atomic E-state index is -1.04. The predicted molar refractivity (Wildman–Crippen MR) is 110 cm³/mol. The highest BCUT2D eigenvalue weighted by Crippen LogP contribution is 2.33. The van der Waals surface area contributed by atoms with E-state index in [1.165, 1.54) is 28.6 Å². The number of nitrogens with zero attached hydrogens (tertiary/aromatic N) is 3. The minimum Gasteiger partial charge on any atom is -0.482 e. The molecule has 0 saturated carbocycles. The molecule has 0 unspecified atom stereocenters. The largest absolute Gasteiger partial charge is 0.482 e. The van der Waals surface area contributed by atoms with Crippen LogP contribution in [0.4, 0.5) is 0 Å². The van der Waals surface area contributed by atoms with Gasteiger partial charge in [-0.2, -0.15) is 9.78 Å². The van der Waals surface area contributed by atoms with E-state index in [9.17, 15) is 9.59 Å². The number of hydrogen-bond donors (Lipinski definition) is 1. The first-order valence-electron chi connectivity index (χ1n) is 8.13. The van der Waals surface area contributed by atoms with Crippen LogP contribution in [-0.4, -0.2) is 33.6 Å². The van der Waals surface area contributed by atoms with Gasteiger partial charge >= 0.3 is 5.97 Å². The van der Waals surface area contributed by atoms with Gasteiger partial charge in [0.2, 0.25) is 0 Å². The van der Waals surface area contributed by atoms with Crippen molar-refractivity contribution in [3.63, 3.8) is 0 Å². The lowest BCUT2D eigenvalue weighted by atomic mass is 10.2. The van der Waals surface area contributed by atoms with E-state index in [1.54, 1.807) is 35.6 Å². The summed E-state index contributed by atoms with van der Waals surface area (Å²) < 4.78 is 6.29. The number of hydrogen-bond acceptors (Lipinski definition) is 7. The van der Waals surface area contributed by atoms with Crippen LogP contribution in [0.5, 0.6) is 5.75 Å². The van der Waals surface area contributed by atoms with Crippen molar-refractivity contribution < 1.29 is 14.6 Å². The number of rotatable bonds is 6. The second-order valence-corrected chi connectivity index (χ2v) is 7.50. The van der Waals surface area contributed by atoms with Crippen LogP contribution in [0.2, 0.25) is 0 Å². The molecule has 140 valence electrons. The molecule has 28 heavy (non-hydrogen) atoms. The summed E-state index contributed by atoms with van der Waals surface area (Å²) >= 11 is 3.00. The topological polar surface area (TPSA) is 93.8 Å². The van der Waals surface area contributed by atoms with Crippen LogP contribution in [0.25, 0.3) is 20.7 Å². The van der Waals surface area contributed by atoms with E-state index >= 15 is 0 Å². The fraction of sp³-hybridized carbons (Fsp3) is 0.0526. The minimum absolute atomic E-state index is 0.229. The van der Waals surface area contributed by atoms with Gasteiger partial charge in [0.1, 0.15) is 16.9 Å². The van der Waals surface area contributed by atoms with E-state index < -0.39 is 12.6 Å². The van der Waals surface area contributed by atoms with Crippen LogP contribution in [0.1, 0.15) is 5.56 Å². The van der Waals surface area contributed by atoms with Crippen molar-refractivity contribution in [2.75, 3.05) is 6.61 Å². The highest BCUT2D eigenvalue weighted by Gasteiger charge is 2.13. The lowest BCUT2D eigenvalue weighted by molar-refractivity contribution is -0.139. The molecule has 0 atom stereocenters. The third-order valence-corrected chi connectivity index (χ3v) is 5.63. The Bertz CT molecular complexity index is 1210. The average molecular weight is 411 g/mol. The second-order valence-electron chi connectivity index (χ2n) is 5.70. The number of fused-ring (bicyclic) bond motifs is 1. The number of carboxylic acid groups (broad SMARTS) is 1. The van der Waals surface area contributed by atoms with Crippen LogP contribution < -0.4 is 10.3 Å². The number of carboxylic acids is 1. The highest BCUT2D eigenvalue weighted by atomic mass is 32.1. The summed E-state index contributed by atoms with van der Waals surface area (Å²) in [4.78, 5) is 29.4. The van der Waals surface area contributed by atoms with Crippen molar-refractivity contribution in [3.8, 4) is 16.2 Å². The zero-order valence-electron chi connectivity index (χ0n) is 14.3. The summed E-state index contributed by atoms with van der Waals surface area (Å²) in [6, 6.07) is 10.6. The fourth-order valence-electron chi connectivity index (χ4n) is 2.54. The zero-order valence-corrected chi connectivity index (χ0v) is 15.9. The van der Waals surface area contributed by atoms with Gasteiger partial charge in [0.15, 0.2) is 6.61 Å². The summed E-state index contributed by atoms with van der Waals surface area (Å²) in [5, 5.41) is 17.3. The summed E-state index contributed by atoms with van der Waals surface area (Å²) in [5.41, 5.74) is 1.38. The third-order valence-electron chi connectivity index (χ3n) is 3.84. The average Bonchev–Trinajstić information content (AvgIpc) is 3.36. The summed E-state index contributed by atoms with van der Waals surface area (Å²) in [7, 11) is 0. The molecular weight excluding hydrogens is 398 g/mol. The van der Waals surface area contributed by atoms with Crippen molar-refractivity contribution in [1.82, 2.24) is 9.66 Å². The molecule has 1 aromatic carbocycles. The Kier molecular flexibility index (Phi) is 5.00. The molecule has 4 rings (SSSR count). The van der Waals surface area contributed by atoms with E-state index in [0.717, 1.165) is 16.0 Å². The Labute approximate surface area is 166 Å². The van der Waals surface area contributed by atoms with Gasteiger partial charge in [0.05, 0.1) is 11.6 Å². The van der Waals surface area contributed by atoms with E-state index in [-0.39, 0.29) is 5.56 Å². The molecule has 1 N–H and O–H groups in total. The molecule has 0 bridgehead atoms.